The Morgan fingerprint density at radius 1 is 1.18 bits per heavy atom. The maximum atomic E-state index is 13.0. The van der Waals surface area contributed by atoms with Crippen molar-refractivity contribution in [3.05, 3.63) is 22.2 Å². The molecule has 0 aliphatic carbocycles. The van der Waals surface area contributed by atoms with Crippen LogP contribution in [-0.4, -0.2) is 50.0 Å². The number of carbonyl (C=O) groups is 2. The number of anilines is 1. The second-order valence-electron chi connectivity index (χ2n) is 7.56. The lowest BCUT2D eigenvalue weighted by atomic mass is 10.0. The Balaban J connectivity index is 1.78. The molecule has 0 saturated carbocycles. The summed E-state index contributed by atoms with van der Waals surface area (Å²) in [5, 5.41) is 0. The van der Waals surface area contributed by atoms with Crippen molar-refractivity contribution < 1.29 is 18.0 Å². The molecule has 2 amide bonds. The zero-order valence-corrected chi connectivity index (χ0v) is 18.8. The van der Waals surface area contributed by atoms with Gasteiger partial charge in [-0.05, 0) is 66.2 Å². The highest BCUT2D eigenvalue weighted by molar-refractivity contribution is 9.10. The number of halogens is 1. The minimum atomic E-state index is -3.65. The quantitative estimate of drug-likeness (QED) is 0.661. The molecule has 28 heavy (non-hydrogen) atoms. The highest BCUT2D eigenvalue weighted by atomic mass is 79.9. The van der Waals surface area contributed by atoms with Crippen molar-refractivity contribution in [2.45, 2.75) is 63.3 Å². The van der Waals surface area contributed by atoms with Gasteiger partial charge in [0, 0.05) is 42.1 Å². The van der Waals surface area contributed by atoms with Gasteiger partial charge in [-0.15, -0.1) is 0 Å². The van der Waals surface area contributed by atoms with Crippen molar-refractivity contribution in [3.63, 3.8) is 0 Å². The van der Waals surface area contributed by atoms with Gasteiger partial charge < -0.3 is 9.80 Å². The summed E-state index contributed by atoms with van der Waals surface area (Å²) < 4.78 is 26.4. The van der Waals surface area contributed by atoms with E-state index in [9.17, 15) is 18.0 Å². The van der Waals surface area contributed by atoms with Crippen molar-refractivity contribution in [3.8, 4) is 0 Å². The molecule has 0 N–H and O–H groups in total. The first-order valence-corrected chi connectivity index (χ1v) is 12.3. The fourth-order valence-corrected chi connectivity index (χ4v) is 6.46. The fraction of sp³-hybridized carbons (Fsp3) is 0.600. The number of hydrogen-bond acceptors (Lipinski definition) is 4. The molecule has 6 nitrogen and oxygen atoms in total. The topological polar surface area (TPSA) is 74.8 Å². The van der Waals surface area contributed by atoms with Crippen molar-refractivity contribution in [1.82, 2.24) is 4.90 Å². The smallest absolute Gasteiger partial charge is 0.226 e. The monoisotopic (exact) mass is 470 g/mol. The molecule has 2 heterocycles. The lowest BCUT2D eigenvalue weighted by Gasteiger charge is -2.33. The van der Waals surface area contributed by atoms with Gasteiger partial charge in [0.1, 0.15) is 0 Å². The van der Waals surface area contributed by atoms with Crippen LogP contribution in [0.15, 0.2) is 21.5 Å². The molecule has 0 bridgehead atoms. The van der Waals surface area contributed by atoms with E-state index in [4.69, 9.17) is 0 Å². The highest BCUT2D eigenvalue weighted by Gasteiger charge is 2.30. The van der Waals surface area contributed by atoms with E-state index in [1.807, 2.05) is 6.92 Å². The van der Waals surface area contributed by atoms with Gasteiger partial charge in [0.05, 0.1) is 10.6 Å². The van der Waals surface area contributed by atoms with Crippen LogP contribution in [0.4, 0.5) is 5.69 Å². The Bertz CT molecular complexity index is 884. The molecule has 1 saturated heterocycles. The molecule has 3 rings (SSSR count). The van der Waals surface area contributed by atoms with E-state index in [0.29, 0.717) is 36.1 Å². The standard InChI is InChI=1S/C20H27BrN2O4S/c1-3-19(24)23-10-7-15-12-16(21)18(13-17(15)23)28(26,27)11-8-20(25)22-9-5-4-6-14(22)2/h12-14H,3-11H2,1-2H3. The van der Waals surface area contributed by atoms with Crippen LogP contribution in [-0.2, 0) is 25.8 Å². The minimum Gasteiger partial charge on any atom is -0.340 e. The number of amides is 2. The summed E-state index contributed by atoms with van der Waals surface area (Å²) in [5.41, 5.74) is 1.63. The third-order valence-electron chi connectivity index (χ3n) is 5.68. The molecule has 0 radical (unpaired) electrons. The third kappa shape index (κ3) is 4.27. The Hall–Kier alpha value is -1.41. The average Bonchev–Trinajstić information content (AvgIpc) is 3.08. The van der Waals surface area contributed by atoms with Crippen molar-refractivity contribution in [2.24, 2.45) is 0 Å². The summed E-state index contributed by atoms with van der Waals surface area (Å²) in [5.74, 6) is -0.344. The molecule has 2 aliphatic heterocycles. The molecule has 1 atom stereocenters. The van der Waals surface area contributed by atoms with Gasteiger partial charge in [-0.2, -0.15) is 0 Å². The van der Waals surface area contributed by atoms with Crippen molar-refractivity contribution >= 4 is 43.3 Å². The first-order chi connectivity index (χ1) is 13.2. The van der Waals surface area contributed by atoms with Gasteiger partial charge in [0.25, 0.3) is 0 Å². The third-order valence-corrected chi connectivity index (χ3v) is 8.34. The van der Waals surface area contributed by atoms with Gasteiger partial charge in [-0.1, -0.05) is 6.92 Å². The number of benzene rings is 1. The van der Waals surface area contributed by atoms with Gasteiger partial charge >= 0.3 is 0 Å². The molecular formula is C20H27BrN2O4S. The van der Waals surface area contributed by atoms with E-state index in [-0.39, 0.29) is 34.9 Å². The maximum Gasteiger partial charge on any atom is 0.226 e. The molecule has 1 aromatic rings. The highest BCUT2D eigenvalue weighted by Crippen LogP contribution is 2.36. The predicted molar refractivity (Wildman–Crippen MR) is 112 cm³/mol. The number of hydrogen-bond donors (Lipinski definition) is 0. The number of fused-ring (bicyclic) bond motifs is 1. The zero-order valence-electron chi connectivity index (χ0n) is 16.4. The maximum absolute atomic E-state index is 13.0. The number of nitrogens with zero attached hydrogens (tertiary/aromatic N) is 2. The van der Waals surface area contributed by atoms with Crippen molar-refractivity contribution in [1.29, 1.82) is 0 Å². The van der Waals surface area contributed by atoms with Crippen LogP contribution >= 0.6 is 15.9 Å². The Morgan fingerprint density at radius 3 is 2.61 bits per heavy atom. The largest absolute Gasteiger partial charge is 0.340 e. The SMILES string of the molecule is CCC(=O)N1CCc2cc(Br)c(S(=O)(=O)CCC(=O)N3CCCCC3C)cc21. The van der Waals surface area contributed by atoms with E-state index >= 15 is 0 Å². The average molecular weight is 471 g/mol. The molecule has 154 valence electrons. The number of rotatable bonds is 5. The fourth-order valence-electron chi connectivity index (χ4n) is 4.02. The molecule has 1 unspecified atom stereocenters. The van der Waals surface area contributed by atoms with Crippen LogP contribution in [0.1, 0.15) is 51.5 Å². The van der Waals surface area contributed by atoms with Crippen molar-refractivity contribution in [2.75, 3.05) is 23.7 Å². The van der Waals surface area contributed by atoms with Crippen LogP contribution in [0.3, 0.4) is 0 Å². The molecular weight excluding hydrogens is 444 g/mol. The van der Waals surface area contributed by atoms with Gasteiger partial charge in [0.15, 0.2) is 9.84 Å². The number of piperidine rings is 1. The van der Waals surface area contributed by atoms with Crippen LogP contribution in [0, 0.1) is 0 Å². The van der Waals surface area contributed by atoms with E-state index < -0.39 is 9.84 Å². The zero-order chi connectivity index (χ0) is 20.5. The molecule has 8 heteroatoms. The Morgan fingerprint density at radius 2 is 1.93 bits per heavy atom. The first kappa shape index (κ1) is 21.3. The minimum absolute atomic E-state index is 0.0151. The van der Waals surface area contributed by atoms with Crippen LogP contribution in [0.2, 0.25) is 0 Å². The van der Waals surface area contributed by atoms with Crippen LogP contribution < -0.4 is 4.90 Å². The molecule has 0 aromatic heterocycles. The lowest BCUT2D eigenvalue weighted by Crippen LogP contribution is -2.42. The Kier molecular flexibility index (Phi) is 6.49. The summed E-state index contributed by atoms with van der Waals surface area (Å²) in [7, 11) is -3.65. The molecule has 1 fully saturated rings. The summed E-state index contributed by atoms with van der Waals surface area (Å²) in [6.07, 6.45) is 4.12. The van der Waals surface area contributed by atoms with E-state index in [1.165, 1.54) is 0 Å². The molecule has 1 aromatic carbocycles. The Labute approximate surface area is 175 Å². The van der Waals surface area contributed by atoms with Gasteiger partial charge in [-0.3, -0.25) is 9.59 Å². The van der Waals surface area contributed by atoms with E-state index in [0.717, 1.165) is 24.8 Å². The summed E-state index contributed by atoms with van der Waals surface area (Å²) in [6.45, 7) is 5.09. The summed E-state index contributed by atoms with van der Waals surface area (Å²) in [6, 6.07) is 3.55. The lowest BCUT2D eigenvalue weighted by molar-refractivity contribution is -0.134. The van der Waals surface area contributed by atoms with Crippen LogP contribution in [0.25, 0.3) is 0 Å². The molecule has 2 aliphatic rings. The number of likely N-dealkylation sites (tertiary alicyclic amines) is 1. The van der Waals surface area contributed by atoms with Crippen LogP contribution in [0.5, 0.6) is 0 Å². The van der Waals surface area contributed by atoms with E-state index in [1.54, 1.807) is 28.9 Å². The second kappa shape index (κ2) is 8.53. The molecule has 0 spiro atoms. The number of sulfone groups is 1. The summed E-state index contributed by atoms with van der Waals surface area (Å²) >= 11 is 3.37. The second-order valence-corrected chi connectivity index (χ2v) is 10.5. The first-order valence-electron chi connectivity index (χ1n) is 9.89. The van der Waals surface area contributed by atoms with Gasteiger partial charge in [-0.25, -0.2) is 8.42 Å². The normalized spacial score (nSPS) is 19.6. The number of carbonyl (C=O) groups excluding carboxylic acids is 2. The predicted octanol–water partition coefficient (Wildman–Crippen LogP) is 3.31. The van der Waals surface area contributed by atoms with E-state index in [2.05, 4.69) is 15.9 Å². The summed E-state index contributed by atoms with van der Waals surface area (Å²) in [4.78, 5) is 28.3. The van der Waals surface area contributed by atoms with Gasteiger partial charge in [0.2, 0.25) is 11.8 Å².